The molecule has 0 aliphatic carbocycles. The van der Waals surface area contributed by atoms with Gasteiger partial charge in [-0.15, -0.1) is 0 Å². The topological polar surface area (TPSA) is 35.2 Å². The third kappa shape index (κ3) is 3.11. The minimum Gasteiger partial charge on any atom is -0.451 e. The summed E-state index contributed by atoms with van der Waals surface area (Å²) in [6.45, 7) is 1.88. The number of benzene rings is 2. The van der Waals surface area contributed by atoms with Crippen LogP contribution in [0.5, 0.6) is 11.5 Å². The standard InChI is InChI=1S/C15H14F3NO/c1-9-2-3-11(8-12(9)16)20-15-13(17)6-10(4-5-19)7-14(15)18/h2-3,6-8H,4-5,19H2,1H3. The number of aryl methyl sites for hydroxylation is 1. The second-order valence-electron chi connectivity index (χ2n) is 4.44. The predicted octanol–water partition coefficient (Wildman–Crippen LogP) is 3.71. The molecule has 0 fully saturated rings. The van der Waals surface area contributed by atoms with Crippen molar-refractivity contribution < 1.29 is 17.9 Å². The zero-order chi connectivity index (χ0) is 14.7. The molecule has 0 unspecified atom stereocenters. The lowest BCUT2D eigenvalue weighted by molar-refractivity contribution is 0.404. The van der Waals surface area contributed by atoms with Crippen molar-refractivity contribution in [1.82, 2.24) is 0 Å². The fourth-order valence-electron chi connectivity index (χ4n) is 1.78. The van der Waals surface area contributed by atoms with Crippen LogP contribution >= 0.6 is 0 Å². The van der Waals surface area contributed by atoms with E-state index in [1.165, 1.54) is 12.1 Å². The fraction of sp³-hybridized carbons (Fsp3) is 0.200. The Kier molecular flexibility index (Phi) is 4.29. The van der Waals surface area contributed by atoms with Crippen molar-refractivity contribution in [1.29, 1.82) is 0 Å². The van der Waals surface area contributed by atoms with E-state index in [2.05, 4.69) is 0 Å². The van der Waals surface area contributed by atoms with Gasteiger partial charge in [-0.05, 0) is 49.2 Å². The number of halogens is 3. The highest BCUT2D eigenvalue weighted by atomic mass is 19.1. The Labute approximate surface area is 115 Å². The maximum Gasteiger partial charge on any atom is 0.198 e. The van der Waals surface area contributed by atoms with Crippen LogP contribution < -0.4 is 10.5 Å². The Morgan fingerprint density at radius 1 is 1.00 bits per heavy atom. The van der Waals surface area contributed by atoms with Crippen LogP contribution in [0.3, 0.4) is 0 Å². The normalized spacial score (nSPS) is 10.7. The van der Waals surface area contributed by atoms with Crippen molar-refractivity contribution in [2.75, 3.05) is 6.54 Å². The van der Waals surface area contributed by atoms with E-state index < -0.39 is 23.2 Å². The molecule has 0 heterocycles. The monoisotopic (exact) mass is 281 g/mol. The van der Waals surface area contributed by atoms with E-state index in [9.17, 15) is 13.2 Å². The summed E-state index contributed by atoms with van der Waals surface area (Å²) >= 11 is 0. The van der Waals surface area contributed by atoms with E-state index in [4.69, 9.17) is 10.5 Å². The van der Waals surface area contributed by atoms with Gasteiger partial charge in [0.25, 0.3) is 0 Å². The lowest BCUT2D eigenvalue weighted by atomic mass is 10.1. The Morgan fingerprint density at radius 2 is 1.65 bits per heavy atom. The highest BCUT2D eigenvalue weighted by molar-refractivity contribution is 5.37. The summed E-state index contributed by atoms with van der Waals surface area (Å²) in [5, 5.41) is 0. The molecule has 0 radical (unpaired) electrons. The van der Waals surface area contributed by atoms with Crippen molar-refractivity contribution in [3.8, 4) is 11.5 Å². The first-order valence-electron chi connectivity index (χ1n) is 6.13. The third-order valence-corrected chi connectivity index (χ3v) is 2.85. The van der Waals surface area contributed by atoms with Crippen LogP contribution in [0, 0.1) is 24.4 Å². The van der Waals surface area contributed by atoms with Gasteiger partial charge in [0.15, 0.2) is 17.4 Å². The molecule has 0 aromatic heterocycles. The van der Waals surface area contributed by atoms with Gasteiger partial charge in [0, 0.05) is 6.07 Å². The van der Waals surface area contributed by atoms with E-state index in [0.29, 0.717) is 24.1 Å². The number of rotatable bonds is 4. The summed E-state index contributed by atoms with van der Waals surface area (Å²) in [5.74, 6) is -2.68. The molecule has 2 N–H and O–H groups in total. The molecule has 0 aliphatic rings. The molecule has 2 rings (SSSR count). The maximum absolute atomic E-state index is 13.8. The molecule has 20 heavy (non-hydrogen) atoms. The van der Waals surface area contributed by atoms with Crippen LogP contribution in [-0.2, 0) is 6.42 Å². The average molecular weight is 281 g/mol. The molecule has 2 aromatic carbocycles. The third-order valence-electron chi connectivity index (χ3n) is 2.85. The van der Waals surface area contributed by atoms with Crippen molar-refractivity contribution in [3.63, 3.8) is 0 Å². The highest BCUT2D eigenvalue weighted by Gasteiger charge is 2.14. The van der Waals surface area contributed by atoms with Gasteiger partial charge in [-0.2, -0.15) is 0 Å². The van der Waals surface area contributed by atoms with E-state index in [0.717, 1.165) is 18.2 Å². The molecule has 0 spiro atoms. The van der Waals surface area contributed by atoms with Crippen molar-refractivity contribution in [3.05, 3.63) is 58.9 Å². The molecule has 0 atom stereocenters. The van der Waals surface area contributed by atoms with E-state index >= 15 is 0 Å². The predicted molar refractivity (Wildman–Crippen MR) is 70.3 cm³/mol. The van der Waals surface area contributed by atoms with Gasteiger partial charge in [-0.25, -0.2) is 13.2 Å². The van der Waals surface area contributed by atoms with Gasteiger partial charge < -0.3 is 10.5 Å². The minimum absolute atomic E-state index is 0.0393. The molecular formula is C15H14F3NO. The molecular weight excluding hydrogens is 267 g/mol. The van der Waals surface area contributed by atoms with E-state index in [-0.39, 0.29) is 5.75 Å². The second-order valence-corrected chi connectivity index (χ2v) is 4.44. The van der Waals surface area contributed by atoms with Crippen molar-refractivity contribution >= 4 is 0 Å². The van der Waals surface area contributed by atoms with Gasteiger partial charge in [-0.3, -0.25) is 0 Å². The summed E-state index contributed by atoms with van der Waals surface area (Å²) < 4.78 is 46.1. The lowest BCUT2D eigenvalue weighted by Crippen LogP contribution is -2.04. The van der Waals surface area contributed by atoms with Crippen LogP contribution in [-0.4, -0.2) is 6.54 Å². The Morgan fingerprint density at radius 3 is 2.20 bits per heavy atom. The molecule has 0 bridgehead atoms. The molecule has 5 heteroatoms. The smallest absolute Gasteiger partial charge is 0.198 e. The average Bonchev–Trinajstić information content (AvgIpc) is 2.38. The first-order valence-corrected chi connectivity index (χ1v) is 6.13. The van der Waals surface area contributed by atoms with Crippen molar-refractivity contribution in [2.24, 2.45) is 5.73 Å². The molecule has 106 valence electrons. The molecule has 0 amide bonds. The van der Waals surface area contributed by atoms with Crippen LogP contribution in [0.2, 0.25) is 0 Å². The molecule has 2 nitrogen and oxygen atoms in total. The van der Waals surface area contributed by atoms with Crippen LogP contribution in [0.4, 0.5) is 13.2 Å². The summed E-state index contributed by atoms with van der Waals surface area (Å²) in [6.07, 6.45) is 0.368. The number of hydrogen-bond acceptors (Lipinski definition) is 2. The molecule has 2 aromatic rings. The van der Waals surface area contributed by atoms with Crippen molar-refractivity contribution in [2.45, 2.75) is 13.3 Å². The number of hydrogen-bond donors (Lipinski definition) is 1. The molecule has 0 aliphatic heterocycles. The Hall–Kier alpha value is -2.01. The summed E-state index contributed by atoms with van der Waals surface area (Å²) in [6, 6.07) is 6.34. The molecule has 0 saturated heterocycles. The highest BCUT2D eigenvalue weighted by Crippen LogP contribution is 2.29. The quantitative estimate of drug-likeness (QED) is 0.927. The summed E-state index contributed by atoms with van der Waals surface area (Å²) in [5.41, 5.74) is 6.21. The van der Waals surface area contributed by atoms with Crippen LogP contribution in [0.25, 0.3) is 0 Å². The van der Waals surface area contributed by atoms with Gasteiger partial charge in [0.1, 0.15) is 11.6 Å². The summed E-state index contributed by atoms with van der Waals surface area (Å²) in [4.78, 5) is 0. The Balaban J connectivity index is 2.31. The van der Waals surface area contributed by atoms with Crippen LogP contribution in [0.15, 0.2) is 30.3 Å². The van der Waals surface area contributed by atoms with E-state index in [1.807, 2.05) is 0 Å². The minimum atomic E-state index is -0.838. The van der Waals surface area contributed by atoms with E-state index in [1.54, 1.807) is 6.92 Å². The molecule has 0 saturated carbocycles. The van der Waals surface area contributed by atoms with Gasteiger partial charge in [0.05, 0.1) is 0 Å². The SMILES string of the molecule is Cc1ccc(Oc2c(F)cc(CCN)cc2F)cc1F. The zero-order valence-electron chi connectivity index (χ0n) is 10.9. The van der Waals surface area contributed by atoms with Gasteiger partial charge in [-0.1, -0.05) is 6.07 Å². The first-order chi connectivity index (χ1) is 9.51. The fourth-order valence-corrected chi connectivity index (χ4v) is 1.78. The van der Waals surface area contributed by atoms with Crippen LogP contribution in [0.1, 0.15) is 11.1 Å². The number of nitrogens with two attached hydrogens (primary N) is 1. The van der Waals surface area contributed by atoms with Gasteiger partial charge in [0.2, 0.25) is 0 Å². The lowest BCUT2D eigenvalue weighted by Gasteiger charge is -2.10. The maximum atomic E-state index is 13.8. The summed E-state index contributed by atoms with van der Waals surface area (Å²) in [7, 11) is 0. The Bertz CT molecular complexity index is 606. The number of ether oxygens (including phenoxy) is 1. The first kappa shape index (κ1) is 14.4. The zero-order valence-corrected chi connectivity index (χ0v) is 10.9. The second kappa shape index (κ2) is 5.96. The van der Waals surface area contributed by atoms with Gasteiger partial charge >= 0.3 is 0 Å². The largest absolute Gasteiger partial charge is 0.451 e.